The maximum atomic E-state index is 11.0. The lowest BCUT2D eigenvalue weighted by molar-refractivity contribution is 0.201. The van der Waals surface area contributed by atoms with Crippen molar-refractivity contribution in [3.8, 4) is 0 Å². The number of nitrogens with zero attached hydrogens (tertiary/aromatic N) is 1. The third-order valence-electron chi connectivity index (χ3n) is 2.49. The molecule has 0 saturated carbocycles. The number of rotatable bonds is 1. The summed E-state index contributed by atoms with van der Waals surface area (Å²) >= 11 is 0. The minimum atomic E-state index is -0.917. The maximum absolute atomic E-state index is 11.0. The van der Waals surface area contributed by atoms with Crippen molar-refractivity contribution in [3.05, 3.63) is 42.5 Å². The van der Waals surface area contributed by atoms with Crippen LogP contribution in [0.2, 0.25) is 0 Å². The van der Waals surface area contributed by atoms with Crippen LogP contribution in [0.25, 0.3) is 0 Å². The van der Waals surface area contributed by atoms with Crippen LogP contribution < -0.4 is 4.90 Å². The molecule has 14 heavy (non-hydrogen) atoms. The van der Waals surface area contributed by atoms with Crippen LogP contribution in [0, 0.1) is 0 Å². The van der Waals surface area contributed by atoms with E-state index in [0.29, 0.717) is 0 Å². The zero-order chi connectivity index (χ0) is 10.1. The number of benzene rings is 1. The Morgan fingerprint density at radius 1 is 1.57 bits per heavy atom. The molecule has 0 bridgehead atoms. The molecule has 2 rings (SSSR count). The molecule has 0 spiro atoms. The van der Waals surface area contributed by atoms with E-state index in [0.717, 1.165) is 17.7 Å². The summed E-state index contributed by atoms with van der Waals surface area (Å²) in [6, 6.07) is 7.43. The summed E-state index contributed by atoms with van der Waals surface area (Å²) in [6.07, 6.45) is 1.49. The second kappa shape index (κ2) is 3.18. The van der Waals surface area contributed by atoms with Crippen LogP contribution in [-0.2, 0) is 6.42 Å². The van der Waals surface area contributed by atoms with Gasteiger partial charge in [-0.2, -0.15) is 0 Å². The Balaban J connectivity index is 2.47. The highest BCUT2D eigenvalue weighted by Crippen LogP contribution is 2.32. The van der Waals surface area contributed by atoms with Crippen molar-refractivity contribution in [2.75, 3.05) is 4.90 Å². The zero-order valence-corrected chi connectivity index (χ0v) is 7.68. The van der Waals surface area contributed by atoms with E-state index in [1.807, 2.05) is 24.3 Å². The van der Waals surface area contributed by atoms with E-state index in [1.54, 1.807) is 6.08 Å². The molecular weight excluding hydrogens is 178 g/mol. The topological polar surface area (TPSA) is 40.5 Å². The highest BCUT2D eigenvalue weighted by molar-refractivity contribution is 5.90. The van der Waals surface area contributed by atoms with Crippen molar-refractivity contribution in [1.82, 2.24) is 0 Å². The number of anilines is 1. The molecular formula is C11H11NO2. The second-order valence-electron chi connectivity index (χ2n) is 3.29. The van der Waals surface area contributed by atoms with E-state index in [1.165, 1.54) is 4.90 Å². The van der Waals surface area contributed by atoms with Gasteiger partial charge in [0.1, 0.15) is 0 Å². The molecule has 1 heterocycles. The van der Waals surface area contributed by atoms with E-state index >= 15 is 0 Å². The van der Waals surface area contributed by atoms with E-state index in [9.17, 15) is 4.79 Å². The van der Waals surface area contributed by atoms with E-state index in [4.69, 9.17) is 5.11 Å². The van der Waals surface area contributed by atoms with Gasteiger partial charge in [0.05, 0.1) is 11.7 Å². The summed E-state index contributed by atoms with van der Waals surface area (Å²) in [4.78, 5) is 12.4. The number of hydrogen-bond donors (Lipinski definition) is 1. The monoisotopic (exact) mass is 189 g/mol. The summed E-state index contributed by atoms with van der Waals surface area (Å²) in [5.74, 6) is 0. The Morgan fingerprint density at radius 2 is 2.29 bits per heavy atom. The molecule has 0 fully saturated rings. The lowest BCUT2D eigenvalue weighted by Crippen LogP contribution is -2.34. The summed E-state index contributed by atoms with van der Waals surface area (Å²) in [5.41, 5.74) is 1.85. The molecule has 0 saturated heterocycles. The van der Waals surface area contributed by atoms with Crippen molar-refractivity contribution < 1.29 is 9.90 Å². The number of para-hydroxylation sites is 1. The molecule has 0 unspecified atom stereocenters. The van der Waals surface area contributed by atoms with Gasteiger partial charge >= 0.3 is 6.09 Å². The van der Waals surface area contributed by atoms with Crippen molar-refractivity contribution in [1.29, 1.82) is 0 Å². The average Bonchev–Trinajstić information content (AvgIpc) is 2.55. The molecule has 1 aromatic rings. The predicted octanol–water partition coefficient (Wildman–Crippen LogP) is 2.28. The van der Waals surface area contributed by atoms with Gasteiger partial charge < -0.3 is 5.11 Å². The normalized spacial score (nSPS) is 19.1. The molecule has 1 aliphatic heterocycles. The smallest absolute Gasteiger partial charge is 0.412 e. The van der Waals surface area contributed by atoms with Crippen molar-refractivity contribution in [2.45, 2.75) is 12.5 Å². The molecule has 1 aliphatic rings. The van der Waals surface area contributed by atoms with Gasteiger partial charge in [-0.05, 0) is 18.1 Å². The van der Waals surface area contributed by atoms with Crippen LogP contribution >= 0.6 is 0 Å². The van der Waals surface area contributed by atoms with E-state index in [2.05, 4.69) is 6.58 Å². The third-order valence-corrected chi connectivity index (χ3v) is 2.49. The molecule has 3 nitrogen and oxygen atoms in total. The second-order valence-corrected chi connectivity index (χ2v) is 3.29. The SMILES string of the molecule is C=C[C@@H]1Cc2ccccc2N1C(=O)O. The predicted molar refractivity (Wildman–Crippen MR) is 54.6 cm³/mol. The first-order valence-corrected chi connectivity index (χ1v) is 4.46. The minimum Gasteiger partial charge on any atom is -0.465 e. The lowest BCUT2D eigenvalue weighted by Gasteiger charge is -2.18. The molecule has 0 aromatic heterocycles. The minimum absolute atomic E-state index is 0.120. The first-order chi connectivity index (χ1) is 6.74. The van der Waals surface area contributed by atoms with Crippen LogP contribution in [-0.4, -0.2) is 17.2 Å². The first-order valence-electron chi connectivity index (χ1n) is 4.46. The van der Waals surface area contributed by atoms with Gasteiger partial charge in [-0.25, -0.2) is 4.79 Å². The molecule has 0 aliphatic carbocycles. The molecule has 3 heteroatoms. The number of carboxylic acid groups (broad SMARTS) is 1. The third kappa shape index (κ3) is 1.18. The highest BCUT2D eigenvalue weighted by Gasteiger charge is 2.31. The fourth-order valence-corrected chi connectivity index (χ4v) is 1.85. The average molecular weight is 189 g/mol. The number of carbonyl (C=O) groups is 1. The fraction of sp³-hybridized carbons (Fsp3) is 0.182. The summed E-state index contributed by atoms with van der Waals surface area (Å²) < 4.78 is 0. The van der Waals surface area contributed by atoms with Crippen LogP contribution in [0.3, 0.4) is 0 Å². The van der Waals surface area contributed by atoms with E-state index in [-0.39, 0.29) is 6.04 Å². The fourth-order valence-electron chi connectivity index (χ4n) is 1.85. The summed E-state index contributed by atoms with van der Waals surface area (Å²) in [7, 11) is 0. The number of fused-ring (bicyclic) bond motifs is 1. The van der Waals surface area contributed by atoms with Crippen molar-refractivity contribution in [2.24, 2.45) is 0 Å². The zero-order valence-electron chi connectivity index (χ0n) is 7.68. The van der Waals surface area contributed by atoms with Gasteiger partial charge in [0, 0.05) is 0 Å². The van der Waals surface area contributed by atoms with Gasteiger partial charge in [-0.15, -0.1) is 6.58 Å². The van der Waals surface area contributed by atoms with Crippen LogP contribution in [0.4, 0.5) is 10.5 Å². The quantitative estimate of drug-likeness (QED) is 0.688. The Bertz CT molecular complexity index is 387. The Kier molecular flexibility index (Phi) is 2.00. The number of amides is 1. The Morgan fingerprint density at radius 3 is 2.93 bits per heavy atom. The molecule has 1 atom stereocenters. The molecule has 1 aromatic carbocycles. The molecule has 1 N–H and O–H groups in total. The summed E-state index contributed by atoms with van der Waals surface area (Å²) in [6.45, 7) is 3.65. The highest BCUT2D eigenvalue weighted by atomic mass is 16.4. The molecule has 0 radical (unpaired) electrons. The van der Waals surface area contributed by atoms with Gasteiger partial charge in [0.15, 0.2) is 0 Å². The largest absolute Gasteiger partial charge is 0.465 e. The first kappa shape index (κ1) is 8.81. The van der Waals surface area contributed by atoms with E-state index < -0.39 is 6.09 Å². The Hall–Kier alpha value is -1.77. The van der Waals surface area contributed by atoms with Gasteiger partial charge in [0.25, 0.3) is 0 Å². The van der Waals surface area contributed by atoms with Crippen LogP contribution in [0.1, 0.15) is 5.56 Å². The summed E-state index contributed by atoms with van der Waals surface area (Å²) in [5, 5.41) is 9.04. The van der Waals surface area contributed by atoms with Crippen LogP contribution in [0.5, 0.6) is 0 Å². The van der Waals surface area contributed by atoms with Crippen molar-refractivity contribution in [3.63, 3.8) is 0 Å². The molecule has 72 valence electrons. The van der Waals surface area contributed by atoms with Crippen LogP contribution in [0.15, 0.2) is 36.9 Å². The lowest BCUT2D eigenvalue weighted by atomic mass is 10.1. The van der Waals surface area contributed by atoms with Crippen molar-refractivity contribution >= 4 is 11.8 Å². The Labute approximate surface area is 82.3 Å². The maximum Gasteiger partial charge on any atom is 0.412 e. The van der Waals surface area contributed by atoms with Gasteiger partial charge in [0.2, 0.25) is 0 Å². The standard InChI is InChI=1S/C11H11NO2/c1-2-9-7-8-5-3-4-6-10(8)12(9)11(13)14/h2-6,9H,1,7H2,(H,13,14)/t9-/m1/s1. The van der Waals surface area contributed by atoms with Gasteiger partial charge in [-0.3, -0.25) is 4.90 Å². The number of hydrogen-bond acceptors (Lipinski definition) is 1. The van der Waals surface area contributed by atoms with Gasteiger partial charge in [-0.1, -0.05) is 24.3 Å². The molecule has 1 amide bonds.